The van der Waals surface area contributed by atoms with E-state index in [1.807, 2.05) is 11.0 Å². The maximum Gasteiger partial charge on any atom is 0.226 e. The highest BCUT2D eigenvalue weighted by Gasteiger charge is 2.46. The van der Waals surface area contributed by atoms with Gasteiger partial charge in [-0.25, -0.2) is 0 Å². The molecule has 4 rings (SSSR count). The number of rotatable bonds is 2. The van der Waals surface area contributed by atoms with Crippen molar-refractivity contribution in [1.82, 2.24) is 4.90 Å². The van der Waals surface area contributed by atoms with Gasteiger partial charge in [0.25, 0.3) is 0 Å². The predicted octanol–water partition coefficient (Wildman–Crippen LogP) is 4.03. The first-order valence-corrected chi connectivity index (χ1v) is 9.26. The van der Waals surface area contributed by atoms with E-state index in [1.54, 1.807) is 0 Å². The molecule has 2 atom stereocenters. The summed E-state index contributed by atoms with van der Waals surface area (Å²) in [5, 5.41) is 0. The van der Waals surface area contributed by atoms with Gasteiger partial charge in [-0.05, 0) is 41.7 Å². The van der Waals surface area contributed by atoms with E-state index >= 15 is 0 Å². The van der Waals surface area contributed by atoms with Gasteiger partial charge < -0.3 is 9.80 Å². The number of para-hydroxylation sites is 1. The van der Waals surface area contributed by atoms with Crippen LogP contribution < -0.4 is 4.90 Å². The lowest BCUT2D eigenvalue weighted by Crippen LogP contribution is -2.35. The molecule has 1 fully saturated rings. The molecule has 0 spiro atoms. The van der Waals surface area contributed by atoms with Crippen LogP contribution in [0.4, 0.5) is 5.69 Å². The maximum absolute atomic E-state index is 13.0. The molecular weight excluding hydrogens is 364 g/mol. The van der Waals surface area contributed by atoms with E-state index in [0.717, 1.165) is 30.5 Å². The first-order chi connectivity index (χ1) is 11.6. The first kappa shape index (κ1) is 15.7. The molecule has 1 aliphatic heterocycles. The molecule has 24 heavy (non-hydrogen) atoms. The molecule has 2 aromatic carbocycles. The van der Waals surface area contributed by atoms with Crippen molar-refractivity contribution in [3.05, 3.63) is 64.1 Å². The summed E-state index contributed by atoms with van der Waals surface area (Å²) < 4.78 is 1.09. The molecule has 2 aromatic rings. The number of halogens is 1. The van der Waals surface area contributed by atoms with Gasteiger partial charge in [-0.2, -0.15) is 0 Å². The zero-order chi connectivity index (χ0) is 16.7. The average molecular weight is 385 g/mol. The molecule has 3 nitrogen and oxygen atoms in total. The Morgan fingerprint density at radius 1 is 1.12 bits per heavy atom. The van der Waals surface area contributed by atoms with E-state index in [4.69, 9.17) is 0 Å². The summed E-state index contributed by atoms with van der Waals surface area (Å²) in [6.07, 6.45) is 0.975. The quantitative estimate of drug-likeness (QED) is 0.779. The molecule has 1 amide bonds. The van der Waals surface area contributed by atoms with Crippen LogP contribution in [0.1, 0.15) is 23.5 Å². The summed E-state index contributed by atoms with van der Waals surface area (Å²) in [6.45, 7) is 2.41. The maximum atomic E-state index is 13.0. The third-order valence-corrected chi connectivity index (χ3v) is 5.66. The van der Waals surface area contributed by atoms with Crippen molar-refractivity contribution in [3.63, 3.8) is 0 Å². The summed E-state index contributed by atoms with van der Waals surface area (Å²) in [4.78, 5) is 17.3. The number of amides is 1. The number of benzene rings is 2. The largest absolute Gasteiger partial charge is 0.373 e. The fraction of sp³-hybridized carbons (Fsp3) is 0.350. The Kier molecular flexibility index (Phi) is 4.09. The fourth-order valence-electron chi connectivity index (χ4n) is 3.69. The second-order valence-corrected chi connectivity index (χ2v) is 7.73. The Labute approximate surface area is 151 Å². The second-order valence-electron chi connectivity index (χ2n) is 6.81. The molecule has 1 saturated carbocycles. The summed E-state index contributed by atoms with van der Waals surface area (Å²) in [6, 6.07) is 16.8. The number of nitrogens with zero attached hydrogens (tertiary/aromatic N) is 2. The SMILES string of the molecule is CN1CCN(C(=O)C2CC2c2cccc(Br)c2)Cc2ccccc21. The van der Waals surface area contributed by atoms with Gasteiger partial charge in [0.1, 0.15) is 0 Å². The molecule has 0 bridgehead atoms. The average Bonchev–Trinajstić information content (AvgIpc) is 3.39. The topological polar surface area (TPSA) is 23.6 Å². The molecule has 0 radical (unpaired) electrons. The van der Waals surface area contributed by atoms with Crippen molar-refractivity contribution in [3.8, 4) is 0 Å². The Morgan fingerprint density at radius 2 is 1.96 bits per heavy atom. The van der Waals surface area contributed by atoms with Gasteiger partial charge in [0.05, 0.1) is 0 Å². The summed E-state index contributed by atoms with van der Waals surface area (Å²) in [5.74, 6) is 0.839. The molecule has 0 aromatic heterocycles. The van der Waals surface area contributed by atoms with Crippen LogP contribution in [-0.2, 0) is 11.3 Å². The molecule has 1 aliphatic carbocycles. The molecular formula is C20H21BrN2O. The van der Waals surface area contributed by atoms with E-state index in [0.29, 0.717) is 11.8 Å². The third-order valence-electron chi connectivity index (χ3n) is 5.17. The third kappa shape index (κ3) is 2.95. The van der Waals surface area contributed by atoms with Crippen LogP contribution in [0.3, 0.4) is 0 Å². The number of hydrogen-bond acceptors (Lipinski definition) is 2. The molecule has 2 aliphatic rings. The fourth-order valence-corrected chi connectivity index (χ4v) is 4.11. The van der Waals surface area contributed by atoms with Crippen LogP contribution in [-0.4, -0.2) is 30.9 Å². The van der Waals surface area contributed by atoms with Crippen LogP contribution in [0.15, 0.2) is 53.0 Å². The minimum absolute atomic E-state index is 0.148. The van der Waals surface area contributed by atoms with Crippen molar-refractivity contribution >= 4 is 27.5 Å². The molecule has 0 N–H and O–H groups in total. The molecule has 2 unspecified atom stereocenters. The summed E-state index contributed by atoms with van der Waals surface area (Å²) >= 11 is 3.53. The number of carbonyl (C=O) groups excluding carboxylic acids is 1. The highest BCUT2D eigenvalue weighted by Crippen LogP contribution is 2.49. The smallest absolute Gasteiger partial charge is 0.226 e. The zero-order valence-electron chi connectivity index (χ0n) is 13.8. The van der Waals surface area contributed by atoms with Crippen LogP contribution in [0.2, 0.25) is 0 Å². The van der Waals surface area contributed by atoms with Crippen molar-refractivity contribution in [1.29, 1.82) is 0 Å². The van der Waals surface area contributed by atoms with E-state index in [1.165, 1.54) is 16.8 Å². The van der Waals surface area contributed by atoms with E-state index in [-0.39, 0.29) is 5.92 Å². The lowest BCUT2D eigenvalue weighted by molar-refractivity contribution is -0.133. The predicted molar refractivity (Wildman–Crippen MR) is 100 cm³/mol. The summed E-state index contributed by atoms with van der Waals surface area (Å²) in [7, 11) is 2.11. The van der Waals surface area contributed by atoms with E-state index in [9.17, 15) is 4.79 Å². The number of likely N-dealkylation sites (N-methyl/N-ethyl adjacent to an activating group) is 1. The van der Waals surface area contributed by atoms with Crippen LogP contribution >= 0.6 is 15.9 Å². The first-order valence-electron chi connectivity index (χ1n) is 8.47. The van der Waals surface area contributed by atoms with Crippen LogP contribution in [0.5, 0.6) is 0 Å². The van der Waals surface area contributed by atoms with E-state index < -0.39 is 0 Å². The van der Waals surface area contributed by atoms with Gasteiger partial charge >= 0.3 is 0 Å². The van der Waals surface area contributed by atoms with Crippen molar-refractivity contribution in [2.75, 3.05) is 25.0 Å². The lowest BCUT2D eigenvalue weighted by atomic mass is 10.1. The Bertz CT molecular complexity index is 776. The Balaban J connectivity index is 1.50. The summed E-state index contributed by atoms with van der Waals surface area (Å²) in [5.41, 5.74) is 3.76. The Morgan fingerprint density at radius 3 is 2.79 bits per heavy atom. The van der Waals surface area contributed by atoms with Crippen molar-refractivity contribution in [2.45, 2.75) is 18.9 Å². The Hall–Kier alpha value is -1.81. The van der Waals surface area contributed by atoms with Gasteiger partial charge in [-0.15, -0.1) is 0 Å². The van der Waals surface area contributed by atoms with Crippen molar-refractivity contribution in [2.24, 2.45) is 5.92 Å². The van der Waals surface area contributed by atoms with Gasteiger partial charge in [-0.3, -0.25) is 4.79 Å². The number of fused-ring (bicyclic) bond motifs is 1. The minimum atomic E-state index is 0.148. The molecule has 4 heteroatoms. The zero-order valence-corrected chi connectivity index (χ0v) is 15.4. The van der Waals surface area contributed by atoms with Gasteiger partial charge in [0.2, 0.25) is 5.91 Å². The van der Waals surface area contributed by atoms with Gasteiger partial charge in [-0.1, -0.05) is 46.3 Å². The molecule has 1 heterocycles. The van der Waals surface area contributed by atoms with Gasteiger partial charge in [0.15, 0.2) is 0 Å². The van der Waals surface area contributed by atoms with Crippen LogP contribution in [0.25, 0.3) is 0 Å². The van der Waals surface area contributed by atoms with Crippen LogP contribution in [0, 0.1) is 5.92 Å². The van der Waals surface area contributed by atoms with Crippen molar-refractivity contribution < 1.29 is 4.79 Å². The normalized spacial score (nSPS) is 22.8. The highest BCUT2D eigenvalue weighted by molar-refractivity contribution is 9.10. The monoisotopic (exact) mass is 384 g/mol. The molecule has 124 valence electrons. The second kappa shape index (κ2) is 6.25. The number of carbonyl (C=O) groups is 1. The van der Waals surface area contributed by atoms with E-state index in [2.05, 4.69) is 70.3 Å². The standard InChI is InChI=1S/C20H21BrN2O/c1-22-9-10-23(13-15-5-2-3-8-19(15)22)20(24)18-12-17(18)14-6-4-7-16(21)11-14/h2-8,11,17-18H,9-10,12-13H2,1H3. The van der Waals surface area contributed by atoms with Gasteiger partial charge in [0, 0.05) is 42.8 Å². The highest BCUT2D eigenvalue weighted by atomic mass is 79.9. The minimum Gasteiger partial charge on any atom is -0.373 e. The molecule has 0 saturated heterocycles. The lowest BCUT2D eigenvalue weighted by Gasteiger charge is -2.21. The number of anilines is 1. The number of hydrogen-bond donors (Lipinski definition) is 0.